The average molecular weight is 614 g/mol. The van der Waals surface area contributed by atoms with Crippen LogP contribution in [-0.4, -0.2) is 57.5 Å². The lowest BCUT2D eigenvalue weighted by Gasteiger charge is -2.27. The third kappa shape index (κ3) is 5.14. The van der Waals surface area contributed by atoms with Crippen LogP contribution in [0.3, 0.4) is 0 Å². The molecule has 0 unspecified atom stereocenters. The number of aliphatic carboxylic acids is 1. The predicted molar refractivity (Wildman–Crippen MR) is 152 cm³/mol. The van der Waals surface area contributed by atoms with Gasteiger partial charge >= 0.3 is 12.1 Å². The molecule has 0 aliphatic carbocycles. The maximum Gasteiger partial charge on any atom is 0.452 e. The van der Waals surface area contributed by atoms with Crippen molar-refractivity contribution in [2.45, 2.75) is 62.7 Å². The van der Waals surface area contributed by atoms with Gasteiger partial charge in [-0.1, -0.05) is 30.3 Å². The third-order valence-corrected chi connectivity index (χ3v) is 10.4. The summed E-state index contributed by atoms with van der Waals surface area (Å²) in [6.07, 6.45) is -1.98. The normalized spacial score (nSPS) is 19.2. The van der Waals surface area contributed by atoms with E-state index in [9.17, 15) is 31.5 Å². The van der Waals surface area contributed by atoms with Crippen LogP contribution in [0, 0.1) is 13.8 Å². The van der Waals surface area contributed by atoms with Crippen molar-refractivity contribution < 1.29 is 31.5 Å². The van der Waals surface area contributed by atoms with Gasteiger partial charge in [-0.3, -0.25) is 9.20 Å². The number of fused-ring (bicyclic) bond motifs is 4. The minimum absolute atomic E-state index is 0.0111. The van der Waals surface area contributed by atoms with Crippen LogP contribution in [0.5, 0.6) is 0 Å². The van der Waals surface area contributed by atoms with Gasteiger partial charge in [0, 0.05) is 37.8 Å². The zero-order valence-electron chi connectivity index (χ0n) is 23.5. The molecule has 226 valence electrons. The van der Waals surface area contributed by atoms with Crippen molar-refractivity contribution >= 4 is 27.3 Å². The van der Waals surface area contributed by atoms with E-state index in [1.165, 1.54) is 16.6 Å². The van der Waals surface area contributed by atoms with Crippen molar-refractivity contribution in [3.05, 3.63) is 88.4 Å². The molecule has 9 nitrogen and oxygen atoms in total. The summed E-state index contributed by atoms with van der Waals surface area (Å²) in [4.78, 5) is 14.5. The molecule has 0 amide bonds. The van der Waals surface area contributed by atoms with Gasteiger partial charge < -0.3 is 10.0 Å². The molecular weight excluding hydrogens is 583 g/mol. The number of halogens is 3. The first-order valence-electron chi connectivity index (χ1n) is 13.9. The summed E-state index contributed by atoms with van der Waals surface area (Å²) in [6, 6.07) is 14.0. The average Bonchev–Trinajstić information content (AvgIpc) is 3.59. The van der Waals surface area contributed by atoms with Crippen LogP contribution < -0.4 is 4.90 Å². The number of carboxylic acids is 1. The second-order valence-electron chi connectivity index (χ2n) is 11.2. The molecule has 2 atom stereocenters. The van der Waals surface area contributed by atoms with Crippen molar-refractivity contribution in [1.82, 2.24) is 18.9 Å². The predicted octanol–water partition coefficient (Wildman–Crippen LogP) is 5.14. The molecule has 0 bridgehead atoms. The van der Waals surface area contributed by atoms with Crippen LogP contribution in [0.25, 0.3) is 5.65 Å². The van der Waals surface area contributed by atoms with Gasteiger partial charge in [0.05, 0.1) is 12.1 Å². The lowest BCUT2D eigenvalue weighted by molar-refractivity contribution is -0.145. The summed E-state index contributed by atoms with van der Waals surface area (Å²) in [5, 5.41) is 16.9. The molecule has 2 aromatic carbocycles. The first-order chi connectivity index (χ1) is 20.4. The summed E-state index contributed by atoms with van der Waals surface area (Å²) in [5.74, 6) is -2.97. The number of pyridine rings is 1. The molecular formula is C30H30F3N5O4S. The second kappa shape index (κ2) is 10.6. The van der Waals surface area contributed by atoms with Gasteiger partial charge in [0.25, 0.3) is 0 Å². The van der Waals surface area contributed by atoms with E-state index in [-0.39, 0.29) is 29.6 Å². The number of sulfonamides is 1. The lowest BCUT2D eigenvalue weighted by atomic mass is 9.85. The van der Waals surface area contributed by atoms with Crippen molar-refractivity contribution in [3.8, 4) is 0 Å². The van der Waals surface area contributed by atoms with Crippen molar-refractivity contribution in [3.63, 3.8) is 0 Å². The number of aromatic nitrogens is 3. The Morgan fingerprint density at radius 2 is 1.88 bits per heavy atom. The molecule has 13 heteroatoms. The summed E-state index contributed by atoms with van der Waals surface area (Å²) in [5.41, 5.74) is 3.77. The SMILES string of the molecule is Cc1ccc([C@@H](CC(=O)O)c2ccn3c(C(F)(F)F)nnc3c2C)cc1CN1C[C@H]2CCCN2c2ccccc2S1(=O)=O. The second-order valence-corrected chi connectivity index (χ2v) is 13.1. The lowest BCUT2D eigenvalue weighted by Crippen LogP contribution is -2.39. The summed E-state index contributed by atoms with van der Waals surface area (Å²) in [7, 11) is -3.83. The van der Waals surface area contributed by atoms with Crippen molar-refractivity contribution in [1.29, 1.82) is 0 Å². The molecule has 2 aliphatic heterocycles. The first kappa shape index (κ1) is 29.1. The van der Waals surface area contributed by atoms with E-state index in [0.717, 1.165) is 34.9 Å². The first-order valence-corrected chi connectivity index (χ1v) is 15.4. The Labute approximate surface area is 246 Å². The number of hydrogen-bond acceptors (Lipinski definition) is 6. The fraction of sp³-hybridized carbons (Fsp3) is 0.367. The zero-order chi connectivity index (χ0) is 30.7. The summed E-state index contributed by atoms with van der Waals surface area (Å²) >= 11 is 0. The smallest absolute Gasteiger partial charge is 0.452 e. The largest absolute Gasteiger partial charge is 0.481 e. The van der Waals surface area contributed by atoms with Crippen LogP contribution in [0.15, 0.2) is 59.6 Å². The third-order valence-electron chi connectivity index (χ3n) is 8.58. The maximum absolute atomic E-state index is 13.9. The van der Waals surface area contributed by atoms with E-state index in [0.29, 0.717) is 28.9 Å². The highest BCUT2D eigenvalue weighted by molar-refractivity contribution is 7.89. The number of carboxylic acid groups (broad SMARTS) is 1. The molecule has 6 rings (SSSR count). The number of para-hydroxylation sites is 1. The molecule has 1 saturated heterocycles. The van der Waals surface area contributed by atoms with Gasteiger partial charge in [0.2, 0.25) is 15.8 Å². The fourth-order valence-electron chi connectivity index (χ4n) is 6.40. The van der Waals surface area contributed by atoms with E-state index >= 15 is 0 Å². The molecule has 0 saturated carbocycles. The van der Waals surface area contributed by atoms with Crippen molar-refractivity contribution in [2.24, 2.45) is 0 Å². The number of rotatable bonds is 6. The monoisotopic (exact) mass is 613 g/mol. The number of hydrogen-bond donors (Lipinski definition) is 1. The quantitative estimate of drug-likeness (QED) is 0.321. The van der Waals surface area contributed by atoms with E-state index < -0.39 is 33.9 Å². The van der Waals surface area contributed by atoms with Gasteiger partial charge in [0.1, 0.15) is 4.90 Å². The Kier molecular flexibility index (Phi) is 7.20. The number of carbonyl (C=O) groups is 1. The standard InChI is InChI=1S/C30H30F3N5O4S/c1-18-9-10-20(24(15-27(39)40)23-11-13-38-28(19(23)2)34-35-29(38)30(31,32)33)14-21(18)16-36-17-22-6-5-12-37(22)25-7-3-4-8-26(25)43(36,41)42/h3-4,7-11,13-14,22,24H,5-6,12,15-17H2,1-2H3,(H,39,40)/t22-,24-/m1/s1. The maximum atomic E-state index is 13.9. The van der Waals surface area contributed by atoms with Crippen LogP contribution in [0.4, 0.5) is 18.9 Å². The highest BCUT2D eigenvalue weighted by atomic mass is 32.2. The Morgan fingerprint density at radius 1 is 1.12 bits per heavy atom. The molecule has 1 N–H and O–H groups in total. The summed E-state index contributed by atoms with van der Waals surface area (Å²) in [6.45, 7) is 4.67. The fourth-order valence-corrected chi connectivity index (χ4v) is 8.05. The highest BCUT2D eigenvalue weighted by Crippen LogP contribution is 2.39. The highest BCUT2D eigenvalue weighted by Gasteiger charge is 2.40. The van der Waals surface area contributed by atoms with Crippen LogP contribution in [0.1, 0.15) is 58.8 Å². The van der Waals surface area contributed by atoms with E-state index in [1.807, 2.05) is 31.2 Å². The van der Waals surface area contributed by atoms with Crippen LogP contribution in [-0.2, 0) is 27.5 Å². The van der Waals surface area contributed by atoms with Crippen LogP contribution in [0.2, 0.25) is 0 Å². The van der Waals surface area contributed by atoms with Crippen molar-refractivity contribution in [2.75, 3.05) is 18.0 Å². The minimum atomic E-state index is -4.70. The van der Waals surface area contributed by atoms with E-state index in [4.69, 9.17) is 0 Å². The van der Waals surface area contributed by atoms with E-state index in [1.54, 1.807) is 25.1 Å². The number of benzene rings is 2. The van der Waals surface area contributed by atoms with Gasteiger partial charge in [0.15, 0.2) is 5.65 Å². The summed E-state index contributed by atoms with van der Waals surface area (Å²) < 4.78 is 70.5. The van der Waals surface area contributed by atoms with Gasteiger partial charge in [-0.15, -0.1) is 10.2 Å². The molecule has 0 spiro atoms. The van der Waals surface area contributed by atoms with Gasteiger partial charge in [-0.05, 0) is 72.7 Å². The van der Waals surface area contributed by atoms with Gasteiger partial charge in [-0.25, -0.2) is 8.42 Å². The molecule has 4 heterocycles. The number of alkyl halides is 3. The zero-order valence-corrected chi connectivity index (χ0v) is 24.4. The number of anilines is 1. The topological polar surface area (TPSA) is 108 Å². The minimum Gasteiger partial charge on any atom is -0.481 e. The molecule has 4 aromatic rings. The Hall–Kier alpha value is -3.97. The molecule has 43 heavy (non-hydrogen) atoms. The molecule has 2 aliphatic rings. The Morgan fingerprint density at radius 3 is 2.63 bits per heavy atom. The Bertz CT molecular complexity index is 1840. The number of aryl methyl sites for hydroxylation is 2. The number of nitrogens with zero attached hydrogens (tertiary/aromatic N) is 5. The molecule has 2 aromatic heterocycles. The van der Waals surface area contributed by atoms with Gasteiger partial charge in [-0.2, -0.15) is 17.5 Å². The van der Waals surface area contributed by atoms with Crippen LogP contribution >= 0.6 is 0 Å². The Balaban J connectivity index is 1.40. The molecule has 0 radical (unpaired) electrons. The molecule has 1 fully saturated rings. The van der Waals surface area contributed by atoms with E-state index in [2.05, 4.69) is 15.1 Å².